The van der Waals surface area contributed by atoms with Gasteiger partial charge in [-0.1, -0.05) is 6.92 Å². The highest BCUT2D eigenvalue weighted by atomic mass is 19.4. The summed E-state index contributed by atoms with van der Waals surface area (Å²) in [5.74, 6) is 0. The van der Waals surface area contributed by atoms with Gasteiger partial charge in [0.25, 0.3) is 0 Å². The molecule has 0 aromatic carbocycles. The molecule has 0 heterocycles. The van der Waals surface area contributed by atoms with E-state index in [1.165, 1.54) is 13.8 Å². The maximum Gasteiger partial charge on any atom is 0.0780 e. The molecule has 0 aliphatic carbocycles. The highest BCUT2D eigenvalue weighted by Gasteiger charge is 2.24. The second-order valence-corrected chi connectivity index (χ2v) is 2.40. The van der Waals surface area contributed by atoms with Crippen LogP contribution in [0.15, 0.2) is 0 Å². The van der Waals surface area contributed by atoms with Gasteiger partial charge in [0.05, 0.1) is 5.54 Å². The van der Waals surface area contributed by atoms with E-state index in [9.17, 15) is 8.96 Å². The van der Waals surface area contributed by atoms with Crippen LogP contribution in [0.5, 0.6) is 0 Å². The van der Waals surface area contributed by atoms with E-state index < -0.39 is 10.9 Å². The number of halogens is 2. The van der Waals surface area contributed by atoms with Gasteiger partial charge in [-0.2, -0.15) is 0 Å². The summed E-state index contributed by atoms with van der Waals surface area (Å²) in [6.45, 7) is 4.71. The van der Waals surface area contributed by atoms with Gasteiger partial charge in [0.15, 0.2) is 0 Å². The maximum absolute atomic E-state index is 11.6. The zero-order chi connectivity index (χ0) is 6.78. The molecule has 50 valence electrons. The van der Waals surface area contributed by atoms with Crippen LogP contribution in [0.4, 0.5) is 8.96 Å². The van der Waals surface area contributed by atoms with Gasteiger partial charge in [0.1, 0.15) is 0 Å². The van der Waals surface area contributed by atoms with Gasteiger partial charge in [-0.05, 0) is 20.3 Å². The van der Waals surface area contributed by atoms with Gasteiger partial charge in [0, 0.05) is 5.34 Å². The van der Waals surface area contributed by atoms with Crippen LogP contribution in [-0.4, -0.2) is 10.9 Å². The van der Waals surface area contributed by atoms with Gasteiger partial charge < -0.3 is 0 Å². The van der Waals surface area contributed by atoms with Gasteiger partial charge >= 0.3 is 0 Å². The van der Waals surface area contributed by atoms with E-state index in [-0.39, 0.29) is 0 Å². The molecule has 0 saturated carbocycles. The highest BCUT2D eigenvalue weighted by molar-refractivity contribution is 4.68. The SMILES string of the molecule is CCC(C)(C)N(F)F. The quantitative estimate of drug-likeness (QED) is 0.509. The Kier molecular flexibility index (Phi) is 2.34. The minimum atomic E-state index is -0.958. The molecule has 0 atom stereocenters. The van der Waals surface area contributed by atoms with Crippen molar-refractivity contribution in [3.05, 3.63) is 0 Å². The van der Waals surface area contributed by atoms with Crippen LogP contribution < -0.4 is 0 Å². The van der Waals surface area contributed by atoms with Crippen molar-refractivity contribution in [1.82, 2.24) is 5.34 Å². The lowest BCUT2D eigenvalue weighted by molar-refractivity contribution is -0.221. The molecular weight excluding hydrogens is 112 g/mol. The second-order valence-electron chi connectivity index (χ2n) is 2.40. The van der Waals surface area contributed by atoms with Gasteiger partial charge in [-0.25, -0.2) is 0 Å². The van der Waals surface area contributed by atoms with Crippen LogP contribution in [0.25, 0.3) is 0 Å². The van der Waals surface area contributed by atoms with Gasteiger partial charge in [0.2, 0.25) is 0 Å². The standard InChI is InChI=1S/C5H11F2N/c1-4-5(2,3)8(6)7/h4H2,1-3H3. The first-order valence-electron chi connectivity index (χ1n) is 2.62. The van der Waals surface area contributed by atoms with Crippen LogP contribution in [0.2, 0.25) is 0 Å². The van der Waals surface area contributed by atoms with Crippen molar-refractivity contribution in [2.45, 2.75) is 32.7 Å². The lowest BCUT2D eigenvalue weighted by atomic mass is 10.0. The molecule has 0 aliphatic heterocycles. The third-order valence-corrected chi connectivity index (χ3v) is 1.32. The Balaban J connectivity index is 3.71. The molecule has 0 radical (unpaired) electrons. The summed E-state index contributed by atoms with van der Waals surface area (Å²) in [5, 5.41) is -0.757. The number of hydrogen-bond acceptors (Lipinski definition) is 1. The largest absolute Gasteiger partial charge is 0.101 e. The van der Waals surface area contributed by atoms with Gasteiger partial charge in [-0.15, -0.1) is 8.96 Å². The number of nitrogens with zero attached hydrogens (tertiary/aromatic N) is 1. The molecule has 3 heteroatoms. The average Bonchev–Trinajstić information content (AvgIpc) is 1.67. The van der Waals surface area contributed by atoms with E-state index >= 15 is 0 Å². The fraction of sp³-hybridized carbons (Fsp3) is 1.00. The summed E-state index contributed by atoms with van der Waals surface area (Å²) in [4.78, 5) is 0. The van der Waals surface area contributed by atoms with Crippen molar-refractivity contribution in [3.63, 3.8) is 0 Å². The van der Waals surface area contributed by atoms with E-state index in [1.807, 2.05) is 0 Å². The Bertz CT molecular complexity index is 70.8. The second kappa shape index (κ2) is 2.40. The summed E-state index contributed by atoms with van der Waals surface area (Å²) >= 11 is 0. The minimum Gasteiger partial charge on any atom is -0.101 e. The topological polar surface area (TPSA) is 3.24 Å². The highest BCUT2D eigenvalue weighted by Crippen LogP contribution is 2.18. The van der Waals surface area contributed by atoms with Crippen molar-refractivity contribution >= 4 is 0 Å². The average molecular weight is 123 g/mol. The molecule has 0 N–H and O–H groups in total. The first-order valence-corrected chi connectivity index (χ1v) is 2.62. The number of hydrogen-bond donors (Lipinski definition) is 0. The van der Waals surface area contributed by atoms with Crippen LogP contribution in [-0.2, 0) is 0 Å². The third kappa shape index (κ3) is 1.74. The Morgan fingerprint density at radius 3 is 1.75 bits per heavy atom. The first kappa shape index (κ1) is 7.82. The molecule has 0 saturated heterocycles. The zero-order valence-corrected chi connectivity index (χ0v) is 5.41. The smallest absolute Gasteiger partial charge is 0.0780 e. The monoisotopic (exact) mass is 123 g/mol. The molecule has 0 aromatic rings. The van der Waals surface area contributed by atoms with Crippen LogP contribution in [0, 0.1) is 0 Å². The maximum atomic E-state index is 11.6. The Morgan fingerprint density at radius 2 is 1.75 bits per heavy atom. The normalized spacial score (nSPS) is 12.8. The van der Waals surface area contributed by atoms with E-state index in [1.54, 1.807) is 6.92 Å². The predicted molar refractivity (Wildman–Crippen MR) is 28.4 cm³/mol. The van der Waals surface area contributed by atoms with Gasteiger partial charge in [-0.3, -0.25) is 0 Å². The summed E-state index contributed by atoms with van der Waals surface area (Å²) in [6.07, 6.45) is 0.458. The van der Waals surface area contributed by atoms with E-state index in [0.29, 0.717) is 6.42 Å². The molecule has 0 aliphatic rings. The fourth-order valence-electron chi connectivity index (χ4n) is 0.120. The van der Waals surface area contributed by atoms with E-state index in [2.05, 4.69) is 0 Å². The molecule has 0 bridgehead atoms. The summed E-state index contributed by atoms with van der Waals surface area (Å²) < 4.78 is 23.3. The Hall–Kier alpha value is -0.180. The van der Waals surface area contributed by atoms with Crippen LogP contribution >= 0.6 is 0 Å². The Morgan fingerprint density at radius 1 is 1.38 bits per heavy atom. The molecule has 0 unspecified atom stereocenters. The lowest BCUT2D eigenvalue weighted by Crippen LogP contribution is -2.31. The molecule has 1 nitrogen and oxygen atoms in total. The Labute approximate surface area is 48.2 Å². The van der Waals surface area contributed by atoms with Crippen LogP contribution in [0.3, 0.4) is 0 Å². The molecular formula is C5H11F2N. The molecule has 0 aromatic heterocycles. The summed E-state index contributed by atoms with van der Waals surface area (Å²) in [5.41, 5.74) is -0.958. The summed E-state index contributed by atoms with van der Waals surface area (Å²) in [7, 11) is 0. The number of rotatable bonds is 2. The van der Waals surface area contributed by atoms with Crippen molar-refractivity contribution in [1.29, 1.82) is 0 Å². The minimum absolute atomic E-state index is 0.458. The molecule has 0 amide bonds. The molecule has 0 spiro atoms. The molecule has 8 heavy (non-hydrogen) atoms. The third-order valence-electron chi connectivity index (χ3n) is 1.32. The predicted octanol–water partition coefficient (Wildman–Crippen LogP) is 2.25. The van der Waals surface area contributed by atoms with E-state index in [4.69, 9.17) is 0 Å². The van der Waals surface area contributed by atoms with E-state index in [0.717, 1.165) is 0 Å². The summed E-state index contributed by atoms with van der Waals surface area (Å²) in [6, 6.07) is 0. The molecule has 0 fully saturated rings. The van der Waals surface area contributed by atoms with Crippen molar-refractivity contribution < 1.29 is 8.96 Å². The van der Waals surface area contributed by atoms with Crippen molar-refractivity contribution in [2.75, 3.05) is 0 Å². The van der Waals surface area contributed by atoms with Crippen molar-refractivity contribution in [2.24, 2.45) is 0 Å². The first-order chi connectivity index (χ1) is 3.50. The zero-order valence-electron chi connectivity index (χ0n) is 5.41. The molecule has 0 rings (SSSR count). The van der Waals surface area contributed by atoms with Crippen molar-refractivity contribution in [3.8, 4) is 0 Å². The fourth-order valence-corrected chi connectivity index (χ4v) is 0.120. The van der Waals surface area contributed by atoms with Crippen LogP contribution in [0.1, 0.15) is 27.2 Å². The lowest BCUT2D eigenvalue weighted by Gasteiger charge is -2.21.